The second-order valence-electron chi connectivity index (χ2n) is 8.58. The van der Waals surface area contributed by atoms with Gasteiger partial charge in [-0.25, -0.2) is 0 Å². The Morgan fingerprint density at radius 3 is 1.24 bits per heavy atom. The molecular weight excluding hydrogens is 396 g/mol. The monoisotopic (exact) mass is 446 g/mol. The Hall–Kier alpha value is 0.170. The average molecular weight is 447 g/mol. The third kappa shape index (κ3) is 22.7. The number of unbranched alkanes of at least 4 members (excludes halogenated alkanes) is 19. The van der Waals surface area contributed by atoms with Gasteiger partial charge in [0.15, 0.2) is 0 Å². The van der Waals surface area contributed by atoms with Crippen molar-refractivity contribution < 1.29 is 9.53 Å². The van der Waals surface area contributed by atoms with Gasteiger partial charge in [0, 0.05) is 5.75 Å². The van der Waals surface area contributed by atoms with Crippen LogP contribution in [-0.2, 0) is 9.53 Å². The van der Waals surface area contributed by atoms with E-state index in [1.165, 1.54) is 116 Å². The predicted molar refractivity (Wildman–Crippen MR) is 136 cm³/mol. The maximum absolute atomic E-state index is 11.4. The Bertz CT molecular complexity index is 337. The van der Waals surface area contributed by atoms with E-state index in [0.29, 0.717) is 12.4 Å². The van der Waals surface area contributed by atoms with Crippen molar-refractivity contribution in [2.45, 2.75) is 141 Å². The number of carbonyl (C=O) groups excluding carboxylic acids is 1. The zero-order valence-corrected chi connectivity index (χ0v) is 21.1. The molecule has 0 N–H and O–H groups in total. The highest BCUT2D eigenvalue weighted by molar-refractivity contribution is 7.85. The third-order valence-electron chi connectivity index (χ3n) is 5.69. The summed E-state index contributed by atoms with van der Waals surface area (Å²) in [5.74, 6) is 0.197. The van der Waals surface area contributed by atoms with Crippen LogP contribution in [0.15, 0.2) is 0 Å². The Morgan fingerprint density at radius 1 is 0.621 bits per heavy atom. The van der Waals surface area contributed by atoms with Crippen molar-refractivity contribution in [3.63, 3.8) is 0 Å². The number of hydrogen-bond acceptors (Lipinski definition) is 4. The lowest BCUT2D eigenvalue weighted by molar-refractivity contribution is -0.142. The second kappa shape index (κ2) is 24.4. The highest BCUT2D eigenvalue weighted by atomic mass is 32.1. The number of esters is 1. The van der Waals surface area contributed by atoms with Crippen LogP contribution in [0.25, 0.3) is 0 Å². The highest BCUT2D eigenvalue weighted by Gasteiger charge is 2.12. The molecule has 0 rings (SSSR count). The topological polar surface area (TPSA) is 26.3 Å². The van der Waals surface area contributed by atoms with E-state index in [4.69, 9.17) is 4.74 Å². The van der Waals surface area contributed by atoms with Gasteiger partial charge in [0.05, 0.1) is 6.61 Å². The SMILES string of the molecule is CCCCCCCCCCCCCCCCCCCCCCOC(=O)C(S)CS. The summed E-state index contributed by atoms with van der Waals surface area (Å²) in [6, 6.07) is 0. The van der Waals surface area contributed by atoms with Crippen LogP contribution in [0.4, 0.5) is 0 Å². The predicted octanol–water partition coefficient (Wildman–Crippen LogP) is 8.58. The summed E-state index contributed by atoms with van der Waals surface area (Å²) >= 11 is 8.17. The minimum atomic E-state index is -0.386. The fourth-order valence-corrected chi connectivity index (χ4v) is 3.92. The highest BCUT2D eigenvalue weighted by Crippen LogP contribution is 2.14. The van der Waals surface area contributed by atoms with Crippen molar-refractivity contribution >= 4 is 31.2 Å². The Morgan fingerprint density at radius 2 is 0.931 bits per heavy atom. The third-order valence-corrected chi connectivity index (χ3v) is 6.73. The molecule has 0 aromatic rings. The zero-order valence-electron chi connectivity index (χ0n) is 19.3. The minimum absolute atomic E-state index is 0.235. The van der Waals surface area contributed by atoms with E-state index in [2.05, 4.69) is 32.2 Å². The molecule has 1 atom stereocenters. The van der Waals surface area contributed by atoms with Gasteiger partial charge in [0.25, 0.3) is 0 Å². The zero-order chi connectivity index (χ0) is 21.4. The lowest BCUT2D eigenvalue weighted by atomic mass is 10.0. The molecule has 0 radical (unpaired) electrons. The normalized spacial score (nSPS) is 12.2. The summed E-state index contributed by atoms with van der Waals surface area (Å²) in [6.07, 6.45) is 27.6. The summed E-state index contributed by atoms with van der Waals surface area (Å²) in [5.41, 5.74) is 0. The molecule has 174 valence electrons. The molecule has 4 heteroatoms. The molecule has 0 spiro atoms. The lowest BCUT2D eigenvalue weighted by Gasteiger charge is -2.08. The van der Waals surface area contributed by atoms with E-state index in [0.717, 1.165) is 12.8 Å². The average Bonchev–Trinajstić information content (AvgIpc) is 2.74. The van der Waals surface area contributed by atoms with Crippen LogP contribution in [0.1, 0.15) is 135 Å². The van der Waals surface area contributed by atoms with Crippen LogP contribution in [0.5, 0.6) is 0 Å². The van der Waals surface area contributed by atoms with Gasteiger partial charge in [0.2, 0.25) is 0 Å². The van der Waals surface area contributed by atoms with E-state index >= 15 is 0 Å². The van der Waals surface area contributed by atoms with Crippen molar-refractivity contribution in [1.29, 1.82) is 0 Å². The van der Waals surface area contributed by atoms with Gasteiger partial charge in [0.1, 0.15) is 5.25 Å². The van der Waals surface area contributed by atoms with Crippen molar-refractivity contribution in [1.82, 2.24) is 0 Å². The molecule has 0 aliphatic carbocycles. The van der Waals surface area contributed by atoms with Crippen molar-refractivity contribution in [3.05, 3.63) is 0 Å². The standard InChI is InChI=1S/C25H50O2S2/c1-2-3-4-5-6-7-8-9-10-11-12-13-14-15-16-17-18-19-20-21-22-27-25(26)24(29)23-28/h24,28-29H,2-23H2,1H3. The van der Waals surface area contributed by atoms with E-state index in [1.807, 2.05) is 0 Å². The first-order valence-corrected chi connectivity index (χ1v) is 13.8. The summed E-state index contributed by atoms with van der Waals surface area (Å²) in [6.45, 7) is 2.82. The van der Waals surface area contributed by atoms with Gasteiger partial charge in [-0.2, -0.15) is 25.3 Å². The van der Waals surface area contributed by atoms with Gasteiger partial charge in [-0.1, -0.05) is 129 Å². The maximum atomic E-state index is 11.4. The fourth-order valence-electron chi connectivity index (χ4n) is 3.70. The summed E-state index contributed by atoms with van der Waals surface area (Å²) < 4.78 is 5.17. The maximum Gasteiger partial charge on any atom is 0.319 e. The quantitative estimate of drug-likeness (QED) is 0.0933. The number of rotatable bonds is 23. The first-order valence-electron chi connectivity index (χ1n) is 12.7. The molecule has 0 amide bonds. The van der Waals surface area contributed by atoms with Gasteiger partial charge >= 0.3 is 5.97 Å². The van der Waals surface area contributed by atoms with Crippen molar-refractivity contribution in [2.75, 3.05) is 12.4 Å². The number of ether oxygens (including phenoxy) is 1. The molecular formula is C25H50O2S2. The number of thiol groups is 2. The molecule has 0 aromatic heterocycles. The van der Waals surface area contributed by atoms with E-state index in [9.17, 15) is 4.79 Å². The number of hydrogen-bond donors (Lipinski definition) is 2. The molecule has 0 aromatic carbocycles. The van der Waals surface area contributed by atoms with Crippen LogP contribution >= 0.6 is 25.3 Å². The largest absolute Gasteiger partial charge is 0.465 e. The molecule has 0 saturated carbocycles. The van der Waals surface area contributed by atoms with Gasteiger partial charge in [-0.3, -0.25) is 4.79 Å². The smallest absolute Gasteiger partial charge is 0.319 e. The summed E-state index contributed by atoms with van der Waals surface area (Å²) in [5, 5.41) is -0.386. The van der Waals surface area contributed by atoms with Crippen LogP contribution in [0, 0.1) is 0 Å². The molecule has 1 unspecified atom stereocenters. The Labute approximate surface area is 193 Å². The van der Waals surface area contributed by atoms with Crippen molar-refractivity contribution in [3.8, 4) is 0 Å². The van der Waals surface area contributed by atoms with E-state index in [1.54, 1.807) is 0 Å². The minimum Gasteiger partial charge on any atom is -0.465 e. The Kier molecular flexibility index (Phi) is 24.6. The van der Waals surface area contributed by atoms with Gasteiger partial charge in [-0.05, 0) is 6.42 Å². The first-order chi connectivity index (χ1) is 14.2. The molecule has 29 heavy (non-hydrogen) atoms. The molecule has 0 aliphatic heterocycles. The van der Waals surface area contributed by atoms with Gasteiger partial charge < -0.3 is 4.74 Å². The molecule has 0 heterocycles. The van der Waals surface area contributed by atoms with E-state index in [-0.39, 0.29) is 11.2 Å². The molecule has 0 fully saturated rings. The first kappa shape index (κ1) is 29.2. The molecule has 0 saturated heterocycles. The lowest BCUT2D eigenvalue weighted by Crippen LogP contribution is -2.19. The molecule has 0 aliphatic rings. The van der Waals surface area contributed by atoms with Crippen LogP contribution in [0.2, 0.25) is 0 Å². The van der Waals surface area contributed by atoms with Crippen LogP contribution < -0.4 is 0 Å². The van der Waals surface area contributed by atoms with Gasteiger partial charge in [-0.15, -0.1) is 0 Å². The van der Waals surface area contributed by atoms with E-state index < -0.39 is 0 Å². The molecule has 2 nitrogen and oxygen atoms in total. The Balaban J connectivity index is 3.07. The number of carbonyl (C=O) groups is 1. The summed E-state index contributed by atoms with van der Waals surface area (Å²) in [7, 11) is 0. The summed E-state index contributed by atoms with van der Waals surface area (Å²) in [4.78, 5) is 11.4. The van der Waals surface area contributed by atoms with Crippen molar-refractivity contribution in [2.24, 2.45) is 0 Å². The second-order valence-corrected chi connectivity index (χ2v) is 9.57. The fraction of sp³-hybridized carbons (Fsp3) is 0.960. The van der Waals surface area contributed by atoms with Crippen LogP contribution in [0.3, 0.4) is 0 Å². The molecule has 0 bridgehead atoms. The van der Waals surface area contributed by atoms with Crippen LogP contribution in [-0.4, -0.2) is 23.6 Å².